The van der Waals surface area contributed by atoms with Gasteiger partial charge in [0.25, 0.3) is 10.0 Å². The number of ether oxygens (including phenoxy) is 1. The Morgan fingerprint density at radius 1 is 1.10 bits per heavy atom. The molecule has 0 saturated carbocycles. The summed E-state index contributed by atoms with van der Waals surface area (Å²) in [6, 6.07) is 13.8. The maximum atomic E-state index is 12.7. The molecule has 0 spiro atoms. The van der Waals surface area contributed by atoms with E-state index >= 15 is 0 Å². The van der Waals surface area contributed by atoms with Crippen molar-refractivity contribution in [2.24, 2.45) is 5.10 Å². The predicted molar refractivity (Wildman–Crippen MR) is 104 cm³/mol. The molecule has 2 aromatic carbocycles. The van der Waals surface area contributed by atoms with Gasteiger partial charge in [-0.3, -0.25) is 0 Å². The molecule has 1 N–H and O–H groups in total. The van der Waals surface area contributed by atoms with Gasteiger partial charge in [-0.05, 0) is 49.4 Å². The molecule has 0 bridgehead atoms. The highest BCUT2D eigenvalue weighted by atomic mass is 32.2. The summed E-state index contributed by atoms with van der Waals surface area (Å²) in [7, 11) is -3.81. The Kier molecular flexibility index (Phi) is 6.16. The van der Waals surface area contributed by atoms with Crippen LogP contribution in [0.2, 0.25) is 0 Å². The van der Waals surface area contributed by atoms with Crippen molar-refractivity contribution in [2.45, 2.75) is 24.6 Å². The van der Waals surface area contributed by atoms with Crippen molar-refractivity contribution < 1.29 is 30.7 Å². The largest absolute Gasteiger partial charge is 0.486 e. The second-order valence-electron chi connectivity index (χ2n) is 6.28. The number of hydrazone groups is 1. The average molecular weight is 438 g/mol. The first-order valence-electron chi connectivity index (χ1n) is 8.64. The molecule has 0 saturated heterocycles. The number of furan rings is 1. The van der Waals surface area contributed by atoms with E-state index in [1.807, 2.05) is 6.92 Å². The van der Waals surface area contributed by atoms with Gasteiger partial charge in [-0.1, -0.05) is 23.8 Å². The van der Waals surface area contributed by atoms with Gasteiger partial charge in [0.05, 0.1) is 16.7 Å². The van der Waals surface area contributed by atoms with Gasteiger partial charge in [-0.15, -0.1) is 0 Å². The van der Waals surface area contributed by atoms with Crippen LogP contribution in [0.3, 0.4) is 0 Å². The number of alkyl halides is 3. The Balaban J connectivity index is 1.58. The van der Waals surface area contributed by atoms with Crippen LogP contribution in [-0.4, -0.2) is 14.6 Å². The summed E-state index contributed by atoms with van der Waals surface area (Å²) in [6.45, 7) is 1.73. The van der Waals surface area contributed by atoms with Gasteiger partial charge < -0.3 is 9.15 Å². The van der Waals surface area contributed by atoms with Crippen molar-refractivity contribution in [1.82, 2.24) is 4.83 Å². The predicted octanol–water partition coefficient (Wildman–Crippen LogP) is 4.50. The third-order valence-corrected chi connectivity index (χ3v) is 5.16. The summed E-state index contributed by atoms with van der Waals surface area (Å²) < 4.78 is 73.2. The molecule has 6 nitrogen and oxygen atoms in total. The highest BCUT2D eigenvalue weighted by Crippen LogP contribution is 2.31. The van der Waals surface area contributed by atoms with Gasteiger partial charge in [-0.2, -0.15) is 31.5 Å². The fourth-order valence-corrected chi connectivity index (χ4v) is 3.18. The summed E-state index contributed by atoms with van der Waals surface area (Å²) in [5, 5.41) is 3.66. The minimum absolute atomic E-state index is 0.0438. The smallest absolute Gasteiger partial charge is 0.416 e. The fraction of sp³-hybridized carbons (Fsp3) is 0.150. The summed E-state index contributed by atoms with van der Waals surface area (Å²) in [4.78, 5) is 2.14. The molecule has 0 fully saturated rings. The fourth-order valence-electron chi connectivity index (χ4n) is 2.39. The van der Waals surface area contributed by atoms with Gasteiger partial charge in [-0.25, -0.2) is 0 Å². The third-order valence-electron chi connectivity index (χ3n) is 3.92. The number of nitrogens with one attached hydrogen (secondary N) is 1. The highest BCUT2D eigenvalue weighted by Gasteiger charge is 2.30. The standard InChI is InChI=1S/C20H17F3N2O4S/c1-14-5-9-19(10-6-14)30(26,27)25-24-12-17-7-8-18(29-17)13-28-16-4-2-3-15(11-16)20(21,22)23/h2-12,25H,13H2,1H3. The molecule has 10 heteroatoms. The number of aryl methyl sites for hydroxylation is 1. The lowest BCUT2D eigenvalue weighted by Crippen LogP contribution is -2.18. The average Bonchev–Trinajstić information content (AvgIpc) is 3.14. The molecule has 158 valence electrons. The highest BCUT2D eigenvalue weighted by molar-refractivity contribution is 7.89. The molecule has 0 aliphatic heterocycles. The Hall–Kier alpha value is -3.27. The number of halogens is 3. The lowest BCUT2D eigenvalue weighted by Gasteiger charge is -2.09. The number of sulfonamides is 1. The van der Waals surface area contributed by atoms with Crippen LogP contribution in [-0.2, 0) is 22.8 Å². The zero-order chi connectivity index (χ0) is 21.8. The molecule has 0 radical (unpaired) electrons. The first kappa shape index (κ1) is 21.4. The van der Waals surface area contributed by atoms with Crippen molar-refractivity contribution in [3.8, 4) is 5.75 Å². The SMILES string of the molecule is Cc1ccc(S(=O)(=O)NN=Cc2ccc(COc3cccc(C(F)(F)F)c3)o2)cc1. The molecular weight excluding hydrogens is 421 g/mol. The van der Waals surface area contributed by atoms with Crippen LogP contribution < -0.4 is 9.57 Å². The second-order valence-corrected chi connectivity index (χ2v) is 7.95. The number of nitrogens with zero attached hydrogens (tertiary/aromatic N) is 1. The lowest BCUT2D eigenvalue weighted by molar-refractivity contribution is -0.137. The molecule has 0 aliphatic rings. The normalized spacial score (nSPS) is 12.3. The second kappa shape index (κ2) is 8.62. The Morgan fingerprint density at radius 3 is 2.53 bits per heavy atom. The number of hydrogen-bond donors (Lipinski definition) is 1. The van der Waals surface area contributed by atoms with Gasteiger partial charge in [0.2, 0.25) is 0 Å². The van der Waals surface area contributed by atoms with Crippen molar-refractivity contribution in [3.05, 3.63) is 83.3 Å². The Bertz CT molecular complexity index is 1140. The molecule has 3 rings (SSSR count). The quantitative estimate of drug-likeness (QED) is 0.435. The van der Waals surface area contributed by atoms with Crippen LogP contribution in [0.4, 0.5) is 13.2 Å². The molecule has 0 atom stereocenters. The van der Waals surface area contributed by atoms with E-state index in [-0.39, 0.29) is 23.0 Å². The first-order valence-corrected chi connectivity index (χ1v) is 10.1. The van der Waals surface area contributed by atoms with Crippen LogP contribution in [0.1, 0.15) is 22.6 Å². The molecule has 30 heavy (non-hydrogen) atoms. The molecule has 1 aromatic heterocycles. The summed E-state index contributed by atoms with van der Waals surface area (Å²) >= 11 is 0. The maximum Gasteiger partial charge on any atom is 0.416 e. The van der Waals surface area contributed by atoms with E-state index < -0.39 is 21.8 Å². The summed E-state index contributed by atoms with van der Waals surface area (Å²) in [6.07, 6.45) is -3.29. The molecule has 0 aliphatic carbocycles. The first-order chi connectivity index (χ1) is 14.1. The lowest BCUT2D eigenvalue weighted by atomic mass is 10.2. The minimum atomic E-state index is -4.46. The van der Waals surface area contributed by atoms with Crippen molar-refractivity contribution in [1.29, 1.82) is 0 Å². The van der Waals surface area contributed by atoms with Gasteiger partial charge in [0.15, 0.2) is 0 Å². The number of benzene rings is 2. The number of rotatable bonds is 7. The van der Waals surface area contributed by atoms with Crippen LogP contribution in [0.5, 0.6) is 5.75 Å². The zero-order valence-electron chi connectivity index (χ0n) is 15.7. The molecule has 1 heterocycles. The molecular formula is C20H17F3N2O4S. The molecule has 0 amide bonds. The Labute approximate surface area is 171 Å². The zero-order valence-corrected chi connectivity index (χ0v) is 16.5. The van der Waals surface area contributed by atoms with E-state index in [1.165, 1.54) is 36.5 Å². The number of hydrogen-bond acceptors (Lipinski definition) is 5. The third kappa shape index (κ3) is 5.63. The van der Waals surface area contributed by atoms with E-state index in [0.717, 1.165) is 17.7 Å². The van der Waals surface area contributed by atoms with Crippen molar-refractivity contribution >= 4 is 16.2 Å². The van der Waals surface area contributed by atoms with Crippen LogP contribution in [0.15, 0.2) is 75.1 Å². The summed E-state index contributed by atoms with van der Waals surface area (Å²) in [5.74, 6) is 0.613. The monoisotopic (exact) mass is 438 g/mol. The van der Waals surface area contributed by atoms with E-state index in [1.54, 1.807) is 18.2 Å². The summed E-state index contributed by atoms with van der Waals surface area (Å²) in [5.41, 5.74) is 0.112. The van der Waals surface area contributed by atoms with Crippen LogP contribution in [0, 0.1) is 6.92 Å². The van der Waals surface area contributed by atoms with E-state index in [9.17, 15) is 21.6 Å². The van der Waals surface area contributed by atoms with E-state index in [4.69, 9.17) is 9.15 Å². The molecule has 3 aromatic rings. The van der Waals surface area contributed by atoms with Gasteiger partial charge in [0, 0.05) is 0 Å². The van der Waals surface area contributed by atoms with Crippen LogP contribution in [0.25, 0.3) is 0 Å². The van der Waals surface area contributed by atoms with Crippen molar-refractivity contribution in [3.63, 3.8) is 0 Å². The van der Waals surface area contributed by atoms with Gasteiger partial charge >= 0.3 is 6.18 Å². The van der Waals surface area contributed by atoms with E-state index in [0.29, 0.717) is 5.76 Å². The molecule has 0 unspecified atom stereocenters. The van der Waals surface area contributed by atoms with Gasteiger partial charge in [0.1, 0.15) is 23.9 Å². The minimum Gasteiger partial charge on any atom is -0.486 e. The Morgan fingerprint density at radius 2 is 1.83 bits per heavy atom. The maximum absolute atomic E-state index is 12.7. The van der Waals surface area contributed by atoms with Crippen LogP contribution >= 0.6 is 0 Å². The topological polar surface area (TPSA) is 80.9 Å². The van der Waals surface area contributed by atoms with Crippen molar-refractivity contribution in [2.75, 3.05) is 0 Å². The van der Waals surface area contributed by atoms with E-state index in [2.05, 4.69) is 9.93 Å².